The standard InChI is InChI=1S/C31H30ClFN2O5S/c1-15-4-3-5-21(32)24(15)25-20(27(40-35-25)16-6-7-16)14-39-30(2)12-18-8-9-19(13-30)31(18,38)29-34-26-22(33)10-17(28(36)37)11-23(26)41-29/h3-5,10-11,16,18-19,38H,6-9,12-14H2,1-2H3,(H,36,37)/t18-,19+,30?,31+. The van der Waals surface area contributed by atoms with E-state index in [0.717, 1.165) is 59.9 Å². The molecule has 41 heavy (non-hydrogen) atoms. The van der Waals surface area contributed by atoms with E-state index in [-0.39, 0.29) is 22.9 Å². The summed E-state index contributed by atoms with van der Waals surface area (Å²) in [7, 11) is 0. The molecule has 2 heterocycles. The van der Waals surface area contributed by atoms with Crippen LogP contribution in [-0.4, -0.2) is 31.9 Å². The second-order valence-corrected chi connectivity index (χ2v) is 13.6. The smallest absolute Gasteiger partial charge is 0.335 e. The van der Waals surface area contributed by atoms with Crippen molar-refractivity contribution in [3.8, 4) is 11.3 Å². The summed E-state index contributed by atoms with van der Waals surface area (Å²) in [5.41, 5.74) is 1.82. The van der Waals surface area contributed by atoms with E-state index in [2.05, 4.69) is 17.1 Å². The van der Waals surface area contributed by atoms with Gasteiger partial charge in [0.1, 0.15) is 27.6 Å². The Hall–Kier alpha value is -2.85. The molecule has 3 aliphatic rings. The molecule has 7 rings (SSSR count). The number of carboxylic acid groups (broad SMARTS) is 1. The molecule has 4 atom stereocenters. The molecule has 0 radical (unpaired) electrons. The SMILES string of the molecule is Cc1cccc(Cl)c1-c1noc(C2CC2)c1COC1(C)C[C@H]2CC[C@@H](C1)[C@]2(O)c1nc2c(F)cc(C(=O)O)cc2s1. The number of aromatic nitrogens is 2. The highest BCUT2D eigenvalue weighted by Gasteiger charge is 2.59. The molecule has 2 bridgehead atoms. The van der Waals surface area contributed by atoms with Gasteiger partial charge in [-0.3, -0.25) is 0 Å². The molecule has 2 N–H and O–H groups in total. The van der Waals surface area contributed by atoms with Crippen molar-refractivity contribution in [3.63, 3.8) is 0 Å². The van der Waals surface area contributed by atoms with Crippen LogP contribution in [0.15, 0.2) is 34.9 Å². The summed E-state index contributed by atoms with van der Waals surface area (Å²) in [5.74, 6) is -0.911. The average Bonchev–Trinajstić information content (AvgIpc) is 3.48. The van der Waals surface area contributed by atoms with Gasteiger partial charge in [-0.1, -0.05) is 28.9 Å². The molecule has 0 saturated heterocycles. The fraction of sp³-hybridized carbons (Fsp3) is 0.452. The molecule has 1 unspecified atom stereocenters. The number of benzene rings is 2. The minimum Gasteiger partial charge on any atom is -0.478 e. The lowest BCUT2D eigenvalue weighted by Crippen LogP contribution is -2.49. The van der Waals surface area contributed by atoms with E-state index in [1.807, 2.05) is 25.1 Å². The molecule has 2 aromatic heterocycles. The quantitative estimate of drug-likeness (QED) is 0.226. The number of hydrogen-bond donors (Lipinski definition) is 2. The number of carboxylic acids is 1. The zero-order chi connectivity index (χ0) is 28.7. The number of aliphatic hydroxyl groups is 1. The number of thiazole rings is 1. The number of hydrogen-bond acceptors (Lipinski definition) is 7. The first-order chi connectivity index (χ1) is 19.6. The van der Waals surface area contributed by atoms with E-state index in [1.165, 1.54) is 17.4 Å². The molecule has 4 aromatic rings. The van der Waals surface area contributed by atoms with Crippen LogP contribution in [0, 0.1) is 24.6 Å². The van der Waals surface area contributed by atoms with Crippen molar-refractivity contribution < 1.29 is 28.7 Å². The van der Waals surface area contributed by atoms with Gasteiger partial charge < -0.3 is 19.5 Å². The summed E-state index contributed by atoms with van der Waals surface area (Å²) in [6.45, 7) is 4.43. The molecular formula is C31H30ClFN2O5S. The molecule has 0 aliphatic heterocycles. The van der Waals surface area contributed by atoms with Gasteiger partial charge in [0.2, 0.25) is 0 Å². The highest BCUT2D eigenvalue weighted by Crippen LogP contribution is 2.59. The van der Waals surface area contributed by atoms with Crippen LogP contribution >= 0.6 is 22.9 Å². The molecule has 7 nitrogen and oxygen atoms in total. The van der Waals surface area contributed by atoms with Gasteiger partial charge in [0.05, 0.1) is 27.5 Å². The fourth-order valence-electron chi connectivity index (χ4n) is 7.07. The number of ether oxygens (including phenoxy) is 1. The Morgan fingerprint density at radius 1 is 1.22 bits per heavy atom. The van der Waals surface area contributed by atoms with Crippen molar-refractivity contribution in [1.82, 2.24) is 10.1 Å². The minimum absolute atomic E-state index is 0.106. The largest absolute Gasteiger partial charge is 0.478 e. The third kappa shape index (κ3) is 4.40. The fourth-order valence-corrected chi connectivity index (χ4v) is 8.65. The van der Waals surface area contributed by atoms with E-state index in [4.69, 9.17) is 20.9 Å². The van der Waals surface area contributed by atoms with Crippen LogP contribution in [-0.2, 0) is 16.9 Å². The summed E-state index contributed by atoms with van der Waals surface area (Å²) in [6, 6.07) is 8.20. The lowest BCUT2D eigenvalue weighted by atomic mass is 9.68. The minimum atomic E-state index is -1.21. The van der Waals surface area contributed by atoms with Gasteiger partial charge in [-0.25, -0.2) is 14.2 Å². The van der Waals surface area contributed by atoms with Gasteiger partial charge >= 0.3 is 5.97 Å². The lowest BCUT2D eigenvalue weighted by molar-refractivity contribution is -0.158. The van der Waals surface area contributed by atoms with E-state index >= 15 is 0 Å². The van der Waals surface area contributed by atoms with Crippen LogP contribution in [0.4, 0.5) is 4.39 Å². The predicted octanol–water partition coefficient (Wildman–Crippen LogP) is 7.61. The third-order valence-corrected chi connectivity index (χ3v) is 10.8. The van der Waals surface area contributed by atoms with Crippen molar-refractivity contribution in [3.05, 3.63) is 68.6 Å². The summed E-state index contributed by atoms with van der Waals surface area (Å²) >= 11 is 7.79. The molecule has 0 amide bonds. The Kier molecular flexibility index (Phi) is 6.32. The van der Waals surface area contributed by atoms with Crippen molar-refractivity contribution in [1.29, 1.82) is 0 Å². The average molecular weight is 597 g/mol. The van der Waals surface area contributed by atoms with Crippen LogP contribution in [0.1, 0.15) is 83.6 Å². The van der Waals surface area contributed by atoms with Crippen molar-refractivity contribution in [2.45, 2.75) is 76.1 Å². The zero-order valence-corrected chi connectivity index (χ0v) is 24.3. The van der Waals surface area contributed by atoms with Crippen LogP contribution in [0.25, 0.3) is 21.5 Å². The first-order valence-electron chi connectivity index (χ1n) is 14.0. The van der Waals surface area contributed by atoms with Crippen LogP contribution in [0.3, 0.4) is 0 Å². The van der Waals surface area contributed by atoms with Crippen molar-refractivity contribution in [2.75, 3.05) is 0 Å². The van der Waals surface area contributed by atoms with E-state index < -0.39 is 23.0 Å². The van der Waals surface area contributed by atoms with E-state index in [1.54, 1.807) is 0 Å². The zero-order valence-electron chi connectivity index (χ0n) is 22.7. The van der Waals surface area contributed by atoms with Gasteiger partial charge in [0, 0.05) is 17.0 Å². The summed E-state index contributed by atoms with van der Waals surface area (Å²) < 4.78 is 27.7. The molecule has 2 aromatic carbocycles. The van der Waals surface area contributed by atoms with Gasteiger partial charge in [-0.2, -0.15) is 0 Å². The van der Waals surface area contributed by atoms with Gasteiger partial charge in [0.15, 0.2) is 5.82 Å². The van der Waals surface area contributed by atoms with E-state index in [0.29, 0.717) is 40.1 Å². The Bertz CT molecular complexity index is 1660. The number of fused-ring (bicyclic) bond motifs is 3. The number of carbonyl (C=O) groups is 1. The third-order valence-electron chi connectivity index (χ3n) is 9.29. The van der Waals surface area contributed by atoms with E-state index in [9.17, 15) is 19.4 Å². The van der Waals surface area contributed by atoms with Crippen LogP contribution in [0.2, 0.25) is 5.02 Å². The van der Waals surface area contributed by atoms with Crippen LogP contribution in [0.5, 0.6) is 0 Å². The Morgan fingerprint density at radius 3 is 2.61 bits per heavy atom. The molecule has 214 valence electrons. The van der Waals surface area contributed by atoms with Gasteiger partial charge in [-0.15, -0.1) is 11.3 Å². The molecule has 10 heteroatoms. The number of aromatic carboxylic acids is 1. The summed E-state index contributed by atoms with van der Waals surface area (Å²) in [6.07, 6.45) is 4.97. The van der Waals surface area contributed by atoms with Crippen LogP contribution < -0.4 is 0 Å². The number of nitrogens with zero attached hydrogens (tertiary/aromatic N) is 2. The highest BCUT2D eigenvalue weighted by molar-refractivity contribution is 7.18. The Morgan fingerprint density at radius 2 is 1.95 bits per heavy atom. The topological polar surface area (TPSA) is 106 Å². The lowest BCUT2D eigenvalue weighted by Gasteiger charge is -2.46. The predicted molar refractivity (Wildman–Crippen MR) is 153 cm³/mol. The monoisotopic (exact) mass is 596 g/mol. The van der Waals surface area contributed by atoms with Crippen molar-refractivity contribution in [2.24, 2.45) is 11.8 Å². The maximum absolute atomic E-state index is 14.7. The maximum Gasteiger partial charge on any atom is 0.335 e. The number of rotatable bonds is 7. The number of halogens is 2. The molecular weight excluding hydrogens is 567 g/mol. The molecule has 3 saturated carbocycles. The second kappa shape index (κ2) is 9.59. The normalized spacial score (nSPS) is 27.5. The summed E-state index contributed by atoms with van der Waals surface area (Å²) in [4.78, 5) is 15.9. The Balaban J connectivity index is 1.16. The molecule has 0 spiro atoms. The van der Waals surface area contributed by atoms with Gasteiger partial charge in [-0.05, 0) is 88.0 Å². The molecule has 3 fully saturated rings. The highest BCUT2D eigenvalue weighted by atomic mass is 35.5. The van der Waals surface area contributed by atoms with Gasteiger partial charge in [0.25, 0.3) is 0 Å². The maximum atomic E-state index is 14.7. The first-order valence-corrected chi connectivity index (χ1v) is 15.2. The number of aryl methyl sites for hydroxylation is 1. The first kappa shape index (κ1) is 27.0. The summed E-state index contributed by atoms with van der Waals surface area (Å²) in [5, 5.41) is 27.0. The van der Waals surface area contributed by atoms with Crippen molar-refractivity contribution >= 4 is 39.1 Å². The second-order valence-electron chi connectivity index (χ2n) is 12.2. The molecule has 3 aliphatic carbocycles. The Labute approximate surface area is 245 Å².